The highest BCUT2D eigenvalue weighted by Crippen LogP contribution is 2.20. The molecule has 3 N–H and O–H groups in total. The molecule has 0 aliphatic carbocycles. The highest BCUT2D eigenvalue weighted by atomic mass is 16.5. The maximum Gasteiger partial charge on any atom is 0.339 e. The van der Waals surface area contributed by atoms with E-state index in [1.807, 2.05) is 6.92 Å². The molecule has 0 radical (unpaired) electrons. The van der Waals surface area contributed by atoms with Gasteiger partial charge in [-0.15, -0.1) is 0 Å². The molecule has 1 heterocycles. The molecule has 0 aliphatic heterocycles. The van der Waals surface area contributed by atoms with Crippen LogP contribution in [0.25, 0.3) is 0 Å². The Labute approximate surface area is 123 Å². The van der Waals surface area contributed by atoms with Crippen molar-refractivity contribution in [3.05, 3.63) is 22.5 Å². The summed E-state index contributed by atoms with van der Waals surface area (Å²) in [5.74, 6) is -0.929. The van der Waals surface area contributed by atoms with E-state index in [4.69, 9.17) is 4.74 Å². The van der Waals surface area contributed by atoms with Crippen molar-refractivity contribution in [2.24, 2.45) is 0 Å². The summed E-state index contributed by atoms with van der Waals surface area (Å²) in [6.45, 7) is 5.66. The average molecular weight is 295 g/mol. The van der Waals surface area contributed by atoms with E-state index in [0.717, 1.165) is 0 Å². The molecule has 0 saturated carbocycles. The van der Waals surface area contributed by atoms with Crippen molar-refractivity contribution in [1.82, 2.24) is 15.6 Å². The van der Waals surface area contributed by atoms with Gasteiger partial charge in [0.1, 0.15) is 5.69 Å². The van der Waals surface area contributed by atoms with Gasteiger partial charge >= 0.3 is 5.97 Å². The minimum Gasteiger partial charge on any atom is -0.465 e. The molecule has 0 bridgehead atoms. The molecule has 7 nitrogen and oxygen atoms in total. The summed E-state index contributed by atoms with van der Waals surface area (Å²) < 4.78 is 4.74. The lowest BCUT2D eigenvalue weighted by molar-refractivity contribution is -0.118. The second kappa shape index (κ2) is 7.47. The Morgan fingerprint density at radius 3 is 2.33 bits per heavy atom. The SMILES string of the molecule is CCc1[nH]c(C(=O)NCCNC(C)=O)c(C)c1C(=O)OC. The average Bonchev–Trinajstić information content (AvgIpc) is 2.79. The molecule has 1 aromatic rings. The lowest BCUT2D eigenvalue weighted by atomic mass is 10.1. The van der Waals surface area contributed by atoms with E-state index in [0.29, 0.717) is 42.0 Å². The van der Waals surface area contributed by atoms with Crippen molar-refractivity contribution in [2.45, 2.75) is 27.2 Å². The summed E-state index contributed by atoms with van der Waals surface area (Å²) in [5, 5.41) is 5.26. The largest absolute Gasteiger partial charge is 0.465 e. The van der Waals surface area contributed by atoms with Crippen molar-refractivity contribution in [2.75, 3.05) is 20.2 Å². The first kappa shape index (κ1) is 16.7. The van der Waals surface area contributed by atoms with Crippen LogP contribution in [0.1, 0.15) is 46.0 Å². The quantitative estimate of drug-likeness (QED) is 0.526. The van der Waals surface area contributed by atoms with Gasteiger partial charge in [-0.05, 0) is 18.9 Å². The predicted molar refractivity (Wildman–Crippen MR) is 77.3 cm³/mol. The van der Waals surface area contributed by atoms with Gasteiger partial charge in [-0.25, -0.2) is 4.79 Å². The third kappa shape index (κ3) is 4.08. The second-order valence-corrected chi connectivity index (χ2v) is 4.56. The van der Waals surface area contributed by atoms with Gasteiger partial charge in [0.05, 0.1) is 12.7 Å². The van der Waals surface area contributed by atoms with Gasteiger partial charge in [-0.2, -0.15) is 0 Å². The monoisotopic (exact) mass is 295 g/mol. The third-order valence-corrected chi connectivity index (χ3v) is 3.08. The molecule has 2 amide bonds. The standard InChI is InChI=1S/C14H21N3O4/c1-5-10-11(14(20)21-4)8(2)12(17-10)13(19)16-7-6-15-9(3)18/h17H,5-7H2,1-4H3,(H,15,18)(H,16,19). The van der Waals surface area contributed by atoms with Gasteiger partial charge in [-0.1, -0.05) is 6.92 Å². The molecular formula is C14H21N3O4. The Hall–Kier alpha value is -2.31. The highest BCUT2D eigenvalue weighted by Gasteiger charge is 2.23. The maximum atomic E-state index is 12.1. The summed E-state index contributed by atoms with van der Waals surface area (Å²) in [7, 11) is 1.31. The number of amides is 2. The Balaban J connectivity index is 2.83. The fourth-order valence-corrected chi connectivity index (χ4v) is 2.03. The number of rotatable bonds is 6. The smallest absolute Gasteiger partial charge is 0.339 e. The topological polar surface area (TPSA) is 100 Å². The van der Waals surface area contributed by atoms with Gasteiger partial charge in [0.2, 0.25) is 5.91 Å². The van der Waals surface area contributed by atoms with E-state index < -0.39 is 5.97 Å². The normalized spacial score (nSPS) is 10.1. The van der Waals surface area contributed by atoms with E-state index in [-0.39, 0.29) is 11.8 Å². The van der Waals surface area contributed by atoms with Crippen LogP contribution >= 0.6 is 0 Å². The minimum atomic E-state index is -0.460. The van der Waals surface area contributed by atoms with Crippen LogP contribution in [0.4, 0.5) is 0 Å². The minimum absolute atomic E-state index is 0.151. The zero-order valence-corrected chi connectivity index (χ0v) is 12.8. The third-order valence-electron chi connectivity index (χ3n) is 3.08. The Morgan fingerprint density at radius 1 is 1.19 bits per heavy atom. The number of carbonyl (C=O) groups excluding carboxylic acids is 3. The number of aryl methyl sites for hydroxylation is 1. The van der Waals surface area contributed by atoms with Gasteiger partial charge in [0.25, 0.3) is 5.91 Å². The Morgan fingerprint density at radius 2 is 1.81 bits per heavy atom. The van der Waals surface area contributed by atoms with Gasteiger partial charge in [0.15, 0.2) is 0 Å². The van der Waals surface area contributed by atoms with Gasteiger partial charge < -0.3 is 20.4 Å². The molecule has 0 aromatic carbocycles. The lowest BCUT2D eigenvalue weighted by Crippen LogP contribution is -2.34. The fourth-order valence-electron chi connectivity index (χ4n) is 2.03. The molecule has 0 saturated heterocycles. The second-order valence-electron chi connectivity index (χ2n) is 4.56. The number of ether oxygens (including phenoxy) is 1. The van der Waals surface area contributed by atoms with Crippen molar-refractivity contribution in [3.8, 4) is 0 Å². The van der Waals surface area contributed by atoms with Crippen LogP contribution in [-0.4, -0.2) is 43.0 Å². The van der Waals surface area contributed by atoms with Crippen LogP contribution in [0.15, 0.2) is 0 Å². The molecule has 116 valence electrons. The molecule has 0 spiro atoms. The van der Waals surface area contributed by atoms with Gasteiger partial charge in [0, 0.05) is 25.7 Å². The number of hydrogen-bond acceptors (Lipinski definition) is 4. The van der Waals surface area contributed by atoms with E-state index in [1.165, 1.54) is 14.0 Å². The predicted octanol–water partition coefficient (Wildman–Crippen LogP) is 0.538. The first-order valence-corrected chi connectivity index (χ1v) is 6.74. The highest BCUT2D eigenvalue weighted by molar-refractivity contribution is 6.00. The molecule has 1 aromatic heterocycles. The summed E-state index contributed by atoms with van der Waals surface area (Å²) in [5.41, 5.74) is 1.99. The Kier molecular flexibility index (Phi) is 5.95. The zero-order chi connectivity index (χ0) is 16.0. The number of nitrogens with one attached hydrogen (secondary N) is 3. The molecule has 0 fully saturated rings. The van der Waals surface area contributed by atoms with E-state index >= 15 is 0 Å². The lowest BCUT2D eigenvalue weighted by Gasteiger charge is -2.05. The maximum absolute atomic E-state index is 12.1. The molecular weight excluding hydrogens is 274 g/mol. The molecule has 1 rings (SSSR count). The van der Waals surface area contributed by atoms with E-state index in [9.17, 15) is 14.4 Å². The van der Waals surface area contributed by atoms with E-state index in [2.05, 4.69) is 15.6 Å². The van der Waals surface area contributed by atoms with Crippen LogP contribution in [0, 0.1) is 6.92 Å². The first-order valence-electron chi connectivity index (χ1n) is 6.74. The molecule has 0 aliphatic rings. The number of methoxy groups -OCH3 is 1. The summed E-state index contributed by atoms with van der Waals surface area (Å²) >= 11 is 0. The van der Waals surface area contributed by atoms with E-state index in [1.54, 1.807) is 6.92 Å². The zero-order valence-electron chi connectivity index (χ0n) is 12.8. The summed E-state index contributed by atoms with van der Waals surface area (Å²) in [6.07, 6.45) is 0.588. The first-order chi connectivity index (χ1) is 9.92. The van der Waals surface area contributed by atoms with Crippen LogP contribution in [-0.2, 0) is 16.0 Å². The fraction of sp³-hybridized carbons (Fsp3) is 0.500. The Bertz CT molecular complexity index is 549. The van der Waals surface area contributed by atoms with Crippen LogP contribution in [0.2, 0.25) is 0 Å². The van der Waals surface area contributed by atoms with Crippen LogP contribution in [0.3, 0.4) is 0 Å². The van der Waals surface area contributed by atoms with Crippen molar-refractivity contribution < 1.29 is 19.1 Å². The molecule has 21 heavy (non-hydrogen) atoms. The number of aromatic amines is 1. The van der Waals surface area contributed by atoms with Crippen molar-refractivity contribution in [1.29, 1.82) is 0 Å². The van der Waals surface area contributed by atoms with Crippen LogP contribution in [0.5, 0.6) is 0 Å². The summed E-state index contributed by atoms with van der Waals surface area (Å²) in [4.78, 5) is 37.5. The molecule has 0 atom stereocenters. The van der Waals surface area contributed by atoms with Crippen molar-refractivity contribution >= 4 is 17.8 Å². The summed E-state index contributed by atoms with van der Waals surface area (Å²) in [6, 6.07) is 0. The molecule has 7 heteroatoms. The molecule has 0 unspecified atom stereocenters. The van der Waals surface area contributed by atoms with Crippen molar-refractivity contribution in [3.63, 3.8) is 0 Å². The number of carbonyl (C=O) groups is 3. The number of esters is 1. The number of hydrogen-bond donors (Lipinski definition) is 3. The van der Waals surface area contributed by atoms with Crippen LogP contribution < -0.4 is 10.6 Å². The van der Waals surface area contributed by atoms with Gasteiger partial charge in [-0.3, -0.25) is 9.59 Å². The number of aromatic nitrogens is 1. The number of H-pyrrole nitrogens is 1.